The highest BCUT2D eigenvalue weighted by atomic mass is 79.9. The van der Waals surface area contributed by atoms with E-state index in [1.807, 2.05) is 38.1 Å². The van der Waals surface area contributed by atoms with E-state index in [4.69, 9.17) is 9.73 Å². The fraction of sp³-hybridized carbons (Fsp3) is 0.500. The number of esters is 1. The normalized spacial score (nSPS) is 24.3. The van der Waals surface area contributed by atoms with E-state index in [0.717, 1.165) is 34.3 Å². The molecular weight excluding hydrogens is 406 g/mol. The molecule has 1 aromatic carbocycles. The number of halogens is 1. The van der Waals surface area contributed by atoms with Gasteiger partial charge in [-0.3, -0.25) is 14.6 Å². The van der Waals surface area contributed by atoms with Gasteiger partial charge in [-0.2, -0.15) is 0 Å². The number of aliphatic imine (C=N–C) groups is 1. The summed E-state index contributed by atoms with van der Waals surface area (Å²) < 4.78 is 6.43. The molecule has 4 nitrogen and oxygen atoms in total. The Hall–Kier alpha value is -1.75. The number of hydrogen-bond acceptors (Lipinski definition) is 4. The molecule has 0 saturated heterocycles. The summed E-state index contributed by atoms with van der Waals surface area (Å²) in [6.45, 7) is 8.41. The van der Waals surface area contributed by atoms with Crippen LogP contribution in [-0.2, 0) is 14.3 Å². The number of carbonyl (C=O) groups excluding carboxylic acids is 2. The van der Waals surface area contributed by atoms with E-state index in [9.17, 15) is 9.59 Å². The molecule has 0 amide bonds. The van der Waals surface area contributed by atoms with Crippen LogP contribution in [0, 0.1) is 11.3 Å². The number of ether oxygens (including phenoxy) is 1. The van der Waals surface area contributed by atoms with Crippen molar-refractivity contribution in [2.24, 2.45) is 16.3 Å². The summed E-state index contributed by atoms with van der Waals surface area (Å²) in [5, 5.41) is 0. The fourth-order valence-electron chi connectivity index (χ4n) is 4.07. The van der Waals surface area contributed by atoms with Crippen LogP contribution in [0.4, 0.5) is 0 Å². The van der Waals surface area contributed by atoms with Crippen LogP contribution in [0.5, 0.6) is 0 Å². The Bertz CT molecular complexity index is 820. The van der Waals surface area contributed by atoms with Gasteiger partial charge in [0.1, 0.15) is 5.92 Å². The Kier molecular flexibility index (Phi) is 5.71. The molecule has 27 heavy (non-hydrogen) atoms. The maximum absolute atomic E-state index is 13.1. The van der Waals surface area contributed by atoms with Crippen molar-refractivity contribution in [3.05, 3.63) is 45.6 Å². The van der Waals surface area contributed by atoms with Crippen molar-refractivity contribution in [2.75, 3.05) is 6.61 Å². The van der Waals surface area contributed by atoms with Gasteiger partial charge in [-0.05, 0) is 42.9 Å². The minimum Gasteiger partial charge on any atom is -0.465 e. The van der Waals surface area contributed by atoms with Crippen LogP contribution in [-0.4, -0.2) is 24.1 Å². The third-order valence-corrected chi connectivity index (χ3v) is 5.76. The molecule has 2 aliphatic rings. The zero-order valence-electron chi connectivity index (χ0n) is 16.3. The van der Waals surface area contributed by atoms with Gasteiger partial charge in [0.05, 0.1) is 6.61 Å². The molecular formula is C22H26BrNO3. The molecule has 1 aliphatic heterocycles. The van der Waals surface area contributed by atoms with Gasteiger partial charge in [-0.15, -0.1) is 0 Å². The van der Waals surface area contributed by atoms with E-state index in [1.54, 1.807) is 0 Å². The third-order valence-electron chi connectivity index (χ3n) is 5.23. The summed E-state index contributed by atoms with van der Waals surface area (Å²) in [4.78, 5) is 30.7. The SMILES string of the molecule is CCCOC(=O)C1C(C)=NC2=C(C(=O)CC(C)(C)C2)[C@@H]1c1ccc(Br)cc1. The van der Waals surface area contributed by atoms with Crippen LogP contribution < -0.4 is 0 Å². The summed E-state index contributed by atoms with van der Waals surface area (Å²) in [6, 6.07) is 7.85. The van der Waals surface area contributed by atoms with E-state index in [-0.39, 0.29) is 23.1 Å². The van der Waals surface area contributed by atoms with Crippen LogP contribution in [0.25, 0.3) is 0 Å². The van der Waals surface area contributed by atoms with E-state index in [0.29, 0.717) is 18.6 Å². The molecule has 0 spiro atoms. The van der Waals surface area contributed by atoms with Gasteiger partial charge in [0, 0.05) is 33.8 Å². The van der Waals surface area contributed by atoms with Crippen molar-refractivity contribution in [1.82, 2.24) is 0 Å². The Morgan fingerprint density at radius 3 is 2.56 bits per heavy atom. The summed E-state index contributed by atoms with van der Waals surface area (Å²) in [5.74, 6) is -1.09. The average Bonchev–Trinajstić information content (AvgIpc) is 2.58. The lowest BCUT2D eigenvalue weighted by Crippen LogP contribution is -2.39. The van der Waals surface area contributed by atoms with E-state index < -0.39 is 5.92 Å². The summed E-state index contributed by atoms with van der Waals surface area (Å²) in [5.41, 5.74) is 3.10. The highest BCUT2D eigenvalue weighted by Gasteiger charge is 2.45. The van der Waals surface area contributed by atoms with Gasteiger partial charge in [-0.1, -0.05) is 48.8 Å². The number of benzene rings is 1. The smallest absolute Gasteiger partial charge is 0.315 e. The predicted molar refractivity (Wildman–Crippen MR) is 110 cm³/mol. The van der Waals surface area contributed by atoms with E-state index in [2.05, 4.69) is 29.8 Å². The Labute approximate surface area is 169 Å². The molecule has 0 N–H and O–H groups in total. The number of rotatable bonds is 4. The number of allylic oxidation sites excluding steroid dienone is 2. The zero-order chi connectivity index (χ0) is 19.8. The molecule has 1 unspecified atom stereocenters. The zero-order valence-corrected chi connectivity index (χ0v) is 17.9. The molecule has 2 atom stereocenters. The van der Waals surface area contributed by atoms with Crippen LogP contribution in [0.1, 0.15) is 58.4 Å². The molecule has 3 rings (SSSR count). The van der Waals surface area contributed by atoms with E-state index in [1.165, 1.54) is 0 Å². The van der Waals surface area contributed by atoms with Gasteiger partial charge < -0.3 is 4.74 Å². The summed E-state index contributed by atoms with van der Waals surface area (Å²) >= 11 is 3.46. The monoisotopic (exact) mass is 431 g/mol. The van der Waals surface area contributed by atoms with Crippen LogP contribution in [0.15, 0.2) is 45.0 Å². The quantitative estimate of drug-likeness (QED) is 0.613. The number of nitrogens with zero attached hydrogens (tertiary/aromatic N) is 1. The molecule has 5 heteroatoms. The molecule has 0 bridgehead atoms. The van der Waals surface area contributed by atoms with Crippen LogP contribution in [0.2, 0.25) is 0 Å². The topological polar surface area (TPSA) is 55.7 Å². The highest BCUT2D eigenvalue weighted by molar-refractivity contribution is 9.10. The molecule has 0 saturated carbocycles. The average molecular weight is 432 g/mol. The molecule has 0 fully saturated rings. The minimum atomic E-state index is -0.554. The number of hydrogen-bond donors (Lipinski definition) is 0. The number of ketones is 1. The third kappa shape index (κ3) is 4.08. The highest BCUT2D eigenvalue weighted by Crippen LogP contribution is 2.48. The fourth-order valence-corrected chi connectivity index (χ4v) is 4.34. The van der Waals surface area contributed by atoms with Crippen LogP contribution in [0.3, 0.4) is 0 Å². The van der Waals surface area contributed by atoms with Crippen LogP contribution >= 0.6 is 15.9 Å². The summed E-state index contributed by atoms with van der Waals surface area (Å²) in [6.07, 6.45) is 1.98. The summed E-state index contributed by atoms with van der Waals surface area (Å²) in [7, 11) is 0. The van der Waals surface area contributed by atoms with Gasteiger partial charge in [-0.25, -0.2) is 0 Å². The standard InChI is InChI=1S/C22H26BrNO3/c1-5-10-27-21(26)18-13(2)24-16-11-22(3,4)12-17(25)20(16)19(18)14-6-8-15(23)9-7-14/h6-9,18-19H,5,10-12H2,1-4H3/t18?,19-/m1/s1. The van der Waals surface area contributed by atoms with Gasteiger partial charge in [0.15, 0.2) is 5.78 Å². The maximum Gasteiger partial charge on any atom is 0.315 e. The Morgan fingerprint density at radius 1 is 1.26 bits per heavy atom. The van der Waals surface area contributed by atoms with Gasteiger partial charge in [0.2, 0.25) is 0 Å². The largest absolute Gasteiger partial charge is 0.465 e. The molecule has 1 aromatic rings. The lowest BCUT2D eigenvalue weighted by Gasteiger charge is -2.39. The first-order valence-corrected chi connectivity index (χ1v) is 10.3. The lowest BCUT2D eigenvalue weighted by molar-refractivity contribution is -0.146. The van der Waals surface area contributed by atoms with Crippen molar-refractivity contribution < 1.29 is 14.3 Å². The van der Waals surface area contributed by atoms with Crippen molar-refractivity contribution in [3.63, 3.8) is 0 Å². The predicted octanol–water partition coefficient (Wildman–Crippen LogP) is 5.22. The first-order chi connectivity index (χ1) is 12.7. The second kappa shape index (κ2) is 7.70. The molecule has 1 aliphatic carbocycles. The van der Waals surface area contributed by atoms with Crippen molar-refractivity contribution in [2.45, 2.75) is 52.9 Å². The van der Waals surface area contributed by atoms with Gasteiger partial charge >= 0.3 is 5.97 Å². The first-order valence-electron chi connectivity index (χ1n) is 9.47. The second-order valence-electron chi connectivity index (χ2n) is 8.23. The Morgan fingerprint density at radius 2 is 1.93 bits per heavy atom. The molecule has 1 heterocycles. The van der Waals surface area contributed by atoms with Crippen molar-refractivity contribution in [1.29, 1.82) is 0 Å². The van der Waals surface area contributed by atoms with Gasteiger partial charge in [0.25, 0.3) is 0 Å². The van der Waals surface area contributed by atoms with E-state index >= 15 is 0 Å². The maximum atomic E-state index is 13.1. The first kappa shape index (κ1) is 20.0. The van der Waals surface area contributed by atoms with Crippen molar-refractivity contribution in [3.8, 4) is 0 Å². The molecule has 0 radical (unpaired) electrons. The minimum absolute atomic E-state index is 0.0960. The lowest BCUT2D eigenvalue weighted by atomic mass is 9.67. The molecule has 144 valence electrons. The second-order valence-corrected chi connectivity index (χ2v) is 9.14. The Balaban J connectivity index is 2.12. The van der Waals surface area contributed by atoms with Crippen molar-refractivity contribution >= 4 is 33.4 Å². The molecule has 0 aromatic heterocycles. The number of carbonyl (C=O) groups is 2. The number of Topliss-reactive ketones (excluding diaryl/α,β-unsaturated/α-hetero) is 1.